The van der Waals surface area contributed by atoms with Crippen LogP contribution in [0.5, 0.6) is 0 Å². The lowest BCUT2D eigenvalue weighted by Gasteiger charge is -2.10. The molecule has 0 radical (unpaired) electrons. The first kappa shape index (κ1) is 14.1. The van der Waals surface area contributed by atoms with Crippen molar-refractivity contribution in [3.05, 3.63) is 29.6 Å². The molecule has 0 amide bonds. The number of carboxylic acids is 1. The van der Waals surface area contributed by atoms with Crippen LogP contribution in [0.4, 0.5) is 4.39 Å². The highest BCUT2D eigenvalue weighted by Gasteiger charge is 2.22. The van der Waals surface area contributed by atoms with E-state index in [9.17, 15) is 17.6 Å². The zero-order chi connectivity index (χ0) is 13.9. The summed E-state index contributed by atoms with van der Waals surface area (Å²) in [5, 5.41) is 17.2. The molecule has 0 aliphatic carbocycles. The van der Waals surface area contributed by atoms with Crippen molar-refractivity contribution < 1.29 is 22.7 Å². The molecule has 2 N–H and O–H groups in total. The van der Waals surface area contributed by atoms with Crippen molar-refractivity contribution in [2.24, 2.45) is 0 Å². The van der Waals surface area contributed by atoms with E-state index in [1.807, 2.05) is 4.72 Å². The van der Waals surface area contributed by atoms with Crippen molar-refractivity contribution in [3.8, 4) is 6.07 Å². The predicted octanol–water partition coefficient (Wildman–Crippen LogP) is 0.449. The van der Waals surface area contributed by atoms with Gasteiger partial charge in [-0.15, -0.1) is 0 Å². The molecule has 0 saturated carbocycles. The van der Waals surface area contributed by atoms with Crippen molar-refractivity contribution in [3.63, 3.8) is 0 Å². The summed E-state index contributed by atoms with van der Waals surface area (Å²) >= 11 is 0. The van der Waals surface area contributed by atoms with E-state index in [1.54, 1.807) is 0 Å². The summed E-state index contributed by atoms with van der Waals surface area (Å²) in [7, 11) is -4.10. The van der Waals surface area contributed by atoms with Gasteiger partial charge in [0.15, 0.2) is 0 Å². The van der Waals surface area contributed by atoms with Gasteiger partial charge in [-0.25, -0.2) is 12.8 Å². The van der Waals surface area contributed by atoms with E-state index >= 15 is 0 Å². The molecule has 0 aliphatic rings. The van der Waals surface area contributed by atoms with E-state index in [1.165, 1.54) is 6.07 Å². The molecule has 1 rings (SSSR count). The Morgan fingerprint density at radius 2 is 2.17 bits per heavy atom. The molecule has 8 heteroatoms. The topological polar surface area (TPSA) is 107 Å². The molecule has 0 aromatic heterocycles. The molecule has 0 saturated heterocycles. The number of hydrogen-bond donors (Lipinski definition) is 2. The van der Waals surface area contributed by atoms with E-state index in [2.05, 4.69) is 0 Å². The number of aliphatic carboxylic acids is 1. The Kier molecular flexibility index (Phi) is 4.00. The number of nitrogens with one attached hydrogen (secondary N) is 1. The highest BCUT2D eigenvalue weighted by atomic mass is 32.2. The first-order valence-electron chi connectivity index (χ1n) is 4.72. The lowest BCUT2D eigenvalue weighted by atomic mass is 10.2. The average Bonchev–Trinajstić information content (AvgIpc) is 2.28. The van der Waals surface area contributed by atoms with Crippen LogP contribution in [0.15, 0.2) is 23.1 Å². The molecule has 0 bridgehead atoms. The van der Waals surface area contributed by atoms with Crippen molar-refractivity contribution in [1.82, 2.24) is 4.72 Å². The fraction of sp³-hybridized carbons (Fsp3) is 0.200. The van der Waals surface area contributed by atoms with E-state index < -0.39 is 33.4 Å². The summed E-state index contributed by atoms with van der Waals surface area (Å²) in [6, 6.07) is 2.79. The molecule has 6 nitrogen and oxygen atoms in total. The molecule has 0 heterocycles. The molecule has 18 heavy (non-hydrogen) atoms. The van der Waals surface area contributed by atoms with Crippen LogP contribution in [0.1, 0.15) is 12.5 Å². The lowest BCUT2D eigenvalue weighted by Crippen LogP contribution is -2.38. The van der Waals surface area contributed by atoms with Gasteiger partial charge in [0.25, 0.3) is 0 Å². The lowest BCUT2D eigenvalue weighted by molar-refractivity contribution is -0.138. The second-order valence-corrected chi connectivity index (χ2v) is 5.15. The Balaban J connectivity index is 3.14. The highest BCUT2D eigenvalue weighted by Crippen LogP contribution is 2.14. The van der Waals surface area contributed by atoms with Gasteiger partial charge < -0.3 is 5.11 Å². The normalized spacial score (nSPS) is 12.7. The maximum atomic E-state index is 13.0. The van der Waals surface area contributed by atoms with Crippen molar-refractivity contribution in [2.45, 2.75) is 17.9 Å². The third-order valence-corrected chi connectivity index (χ3v) is 3.61. The first-order valence-corrected chi connectivity index (χ1v) is 6.21. The van der Waals surface area contributed by atoms with E-state index in [4.69, 9.17) is 10.4 Å². The van der Waals surface area contributed by atoms with Crippen LogP contribution in [0, 0.1) is 17.1 Å². The molecule has 96 valence electrons. The monoisotopic (exact) mass is 272 g/mol. The Labute approximate surface area is 103 Å². The number of nitrogens with zero attached hydrogens (tertiary/aromatic N) is 1. The van der Waals surface area contributed by atoms with Gasteiger partial charge in [0.2, 0.25) is 10.0 Å². The van der Waals surface area contributed by atoms with Gasteiger partial charge in [0.1, 0.15) is 17.9 Å². The van der Waals surface area contributed by atoms with Gasteiger partial charge in [-0.3, -0.25) is 4.79 Å². The van der Waals surface area contributed by atoms with Gasteiger partial charge in [-0.05, 0) is 25.1 Å². The van der Waals surface area contributed by atoms with Crippen LogP contribution < -0.4 is 4.72 Å². The highest BCUT2D eigenvalue weighted by molar-refractivity contribution is 7.89. The zero-order valence-corrected chi connectivity index (χ0v) is 10.0. The number of carbonyl (C=O) groups is 1. The number of benzene rings is 1. The zero-order valence-electron chi connectivity index (χ0n) is 9.21. The summed E-state index contributed by atoms with van der Waals surface area (Å²) in [6.45, 7) is 1.15. The number of carboxylic acid groups (broad SMARTS) is 1. The van der Waals surface area contributed by atoms with Crippen LogP contribution >= 0.6 is 0 Å². The quantitative estimate of drug-likeness (QED) is 0.827. The smallest absolute Gasteiger partial charge is 0.321 e. The van der Waals surface area contributed by atoms with Crippen LogP contribution in [0.25, 0.3) is 0 Å². The molecular formula is C10H9FN2O4S. The van der Waals surface area contributed by atoms with Gasteiger partial charge >= 0.3 is 5.97 Å². The van der Waals surface area contributed by atoms with E-state index in [-0.39, 0.29) is 4.90 Å². The minimum absolute atomic E-state index is 0.367. The van der Waals surface area contributed by atoms with Gasteiger partial charge in [-0.1, -0.05) is 0 Å². The predicted molar refractivity (Wildman–Crippen MR) is 58.5 cm³/mol. The third-order valence-electron chi connectivity index (χ3n) is 2.07. The average molecular weight is 272 g/mol. The number of rotatable bonds is 4. The number of sulfonamides is 1. The fourth-order valence-corrected chi connectivity index (χ4v) is 2.33. The van der Waals surface area contributed by atoms with Crippen LogP contribution in [0.2, 0.25) is 0 Å². The van der Waals surface area contributed by atoms with Gasteiger partial charge in [0, 0.05) is 0 Å². The van der Waals surface area contributed by atoms with Crippen molar-refractivity contribution in [1.29, 1.82) is 5.26 Å². The SMILES string of the molecule is CC(NS(=O)(=O)c1ccc(F)c(C#N)c1)C(=O)O. The van der Waals surface area contributed by atoms with Crippen molar-refractivity contribution in [2.75, 3.05) is 0 Å². The Morgan fingerprint density at radius 3 is 2.67 bits per heavy atom. The molecule has 1 atom stereocenters. The van der Waals surface area contributed by atoms with Crippen LogP contribution in [-0.2, 0) is 14.8 Å². The van der Waals surface area contributed by atoms with Gasteiger partial charge in [0.05, 0.1) is 10.5 Å². The maximum Gasteiger partial charge on any atom is 0.321 e. The fourth-order valence-electron chi connectivity index (χ4n) is 1.11. The molecule has 1 aromatic rings. The molecule has 0 spiro atoms. The second-order valence-electron chi connectivity index (χ2n) is 3.43. The summed E-state index contributed by atoms with van der Waals surface area (Å²) in [6.07, 6.45) is 0. The van der Waals surface area contributed by atoms with E-state index in [0.29, 0.717) is 0 Å². The number of hydrogen-bond acceptors (Lipinski definition) is 4. The summed E-state index contributed by atoms with van der Waals surface area (Å²) in [5.41, 5.74) is -0.430. The number of halogens is 1. The first-order chi connectivity index (χ1) is 8.27. The largest absolute Gasteiger partial charge is 0.480 e. The molecule has 0 aliphatic heterocycles. The molecule has 1 aromatic carbocycles. The standard InChI is InChI=1S/C10H9FN2O4S/c1-6(10(14)15)13-18(16,17)8-2-3-9(11)7(4-8)5-12/h2-4,6,13H,1H3,(H,14,15). The van der Waals surface area contributed by atoms with Gasteiger partial charge in [-0.2, -0.15) is 9.98 Å². The Bertz CT molecular complexity index is 621. The van der Waals surface area contributed by atoms with Crippen LogP contribution in [0.3, 0.4) is 0 Å². The maximum absolute atomic E-state index is 13.0. The molecular weight excluding hydrogens is 263 g/mol. The van der Waals surface area contributed by atoms with E-state index in [0.717, 1.165) is 25.1 Å². The Hall–Kier alpha value is -1.98. The summed E-state index contributed by atoms with van der Waals surface area (Å²) in [5.74, 6) is -2.19. The second kappa shape index (κ2) is 5.12. The number of nitriles is 1. The summed E-state index contributed by atoms with van der Waals surface area (Å²) in [4.78, 5) is 10.2. The molecule has 1 unspecified atom stereocenters. The Morgan fingerprint density at radius 1 is 1.56 bits per heavy atom. The molecule has 0 fully saturated rings. The summed E-state index contributed by atoms with van der Waals surface area (Å²) < 4.78 is 38.3. The third kappa shape index (κ3) is 3.03. The van der Waals surface area contributed by atoms with Crippen molar-refractivity contribution >= 4 is 16.0 Å². The minimum Gasteiger partial charge on any atom is -0.480 e. The van der Waals surface area contributed by atoms with Crippen LogP contribution in [-0.4, -0.2) is 25.5 Å². The minimum atomic E-state index is -4.10.